The summed E-state index contributed by atoms with van der Waals surface area (Å²) in [6.45, 7) is 0. The molecular weight excluding hydrogens is 234 g/mol. The maximum atomic E-state index is 5.68. The summed E-state index contributed by atoms with van der Waals surface area (Å²) in [5.41, 5.74) is 1.45. The molecule has 0 amide bonds. The molecule has 0 heterocycles. The number of nitrogens with one attached hydrogen (secondary N) is 1. The van der Waals surface area contributed by atoms with Crippen molar-refractivity contribution in [2.75, 3.05) is 7.11 Å². The minimum atomic E-state index is 0.402. The molecule has 1 aromatic carbocycles. The van der Waals surface area contributed by atoms with Gasteiger partial charge in [-0.15, -0.1) is 0 Å². The minimum Gasteiger partial charge on any atom is -0.380 e. The second kappa shape index (κ2) is 6.06. The van der Waals surface area contributed by atoms with Crippen LogP contribution in [-0.4, -0.2) is 19.3 Å². The standard InChI is InChI=1S/C17H25NO/c1-19-16-10-6-5-9-15(16)18-17(14-11-12-14)13-7-3-2-4-8-13/h2-4,7-8,14-18H,5-6,9-12H2,1H3. The zero-order chi connectivity index (χ0) is 13.1. The van der Waals surface area contributed by atoms with Crippen molar-refractivity contribution in [2.24, 2.45) is 5.92 Å². The van der Waals surface area contributed by atoms with Crippen LogP contribution in [0.15, 0.2) is 30.3 Å². The Labute approximate surface area is 116 Å². The van der Waals surface area contributed by atoms with Gasteiger partial charge in [-0.05, 0) is 37.2 Å². The monoisotopic (exact) mass is 259 g/mol. The maximum Gasteiger partial charge on any atom is 0.0724 e. The molecule has 2 heteroatoms. The highest BCUT2D eigenvalue weighted by Crippen LogP contribution is 2.42. The average Bonchev–Trinajstić information content (AvgIpc) is 3.30. The highest BCUT2D eigenvalue weighted by Gasteiger charge is 2.35. The zero-order valence-electron chi connectivity index (χ0n) is 11.8. The summed E-state index contributed by atoms with van der Waals surface area (Å²) in [4.78, 5) is 0. The smallest absolute Gasteiger partial charge is 0.0724 e. The van der Waals surface area contributed by atoms with Crippen molar-refractivity contribution < 1.29 is 4.74 Å². The van der Waals surface area contributed by atoms with E-state index >= 15 is 0 Å². The van der Waals surface area contributed by atoms with Crippen LogP contribution in [0, 0.1) is 5.92 Å². The van der Waals surface area contributed by atoms with E-state index < -0.39 is 0 Å². The molecule has 0 aromatic heterocycles. The van der Waals surface area contributed by atoms with Crippen molar-refractivity contribution in [1.29, 1.82) is 0 Å². The number of ether oxygens (including phenoxy) is 1. The first-order valence-electron chi connectivity index (χ1n) is 7.72. The van der Waals surface area contributed by atoms with Gasteiger partial charge in [-0.1, -0.05) is 43.2 Å². The molecule has 3 unspecified atom stereocenters. The molecule has 0 radical (unpaired) electrons. The molecule has 19 heavy (non-hydrogen) atoms. The number of benzene rings is 1. The summed E-state index contributed by atoms with van der Waals surface area (Å²) in [6.07, 6.45) is 8.27. The Balaban J connectivity index is 1.71. The van der Waals surface area contributed by atoms with Crippen LogP contribution in [0.5, 0.6) is 0 Å². The molecule has 0 bridgehead atoms. The van der Waals surface area contributed by atoms with E-state index in [2.05, 4.69) is 35.6 Å². The van der Waals surface area contributed by atoms with Gasteiger partial charge in [0.2, 0.25) is 0 Å². The van der Waals surface area contributed by atoms with Crippen molar-refractivity contribution >= 4 is 0 Å². The van der Waals surface area contributed by atoms with Crippen molar-refractivity contribution in [1.82, 2.24) is 5.32 Å². The zero-order valence-corrected chi connectivity index (χ0v) is 11.8. The van der Waals surface area contributed by atoms with Crippen LogP contribution in [-0.2, 0) is 4.74 Å². The Morgan fingerprint density at radius 3 is 2.47 bits per heavy atom. The quantitative estimate of drug-likeness (QED) is 0.871. The van der Waals surface area contributed by atoms with E-state index in [1.54, 1.807) is 0 Å². The molecule has 0 spiro atoms. The molecule has 2 nitrogen and oxygen atoms in total. The predicted molar refractivity (Wildman–Crippen MR) is 78.1 cm³/mol. The van der Waals surface area contributed by atoms with Crippen molar-refractivity contribution in [2.45, 2.75) is 56.7 Å². The molecule has 2 aliphatic carbocycles. The summed E-state index contributed by atoms with van der Waals surface area (Å²) in [5, 5.41) is 3.91. The fourth-order valence-corrected chi connectivity index (χ4v) is 3.39. The molecule has 2 saturated carbocycles. The summed E-state index contributed by atoms with van der Waals surface area (Å²) >= 11 is 0. The minimum absolute atomic E-state index is 0.402. The lowest BCUT2D eigenvalue weighted by Gasteiger charge is -2.34. The third-order valence-corrected chi connectivity index (χ3v) is 4.65. The van der Waals surface area contributed by atoms with E-state index in [0.717, 1.165) is 5.92 Å². The van der Waals surface area contributed by atoms with Gasteiger partial charge in [0.1, 0.15) is 0 Å². The van der Waals surface area contributed by atoms with Crippen LogP contribution in [0.1, 0.15) is 50.1 Å². The fourth-order valence-electron chi connectivity index (χ4n) is 3.39. The van der Waals surface area contributed by atoms with Gasteiger partial charge in [0.15, 0.2) is 0 Å². The van der Waals surface area contributed by atoms with Crippen LogP contribution in [0.3, 0.4) is 0 Å². The van der Waals surface area contributed by atoms with Gasteiger partial charge in [-0.25, -0.2) is 0 Å². The SMILES string of the molecule is COC1CCCCC1NC(c1ccccc1)C1CC1. The van der Waals surface area contributed by atoms with Crippen LogP contribution in [0.4, 0.5) is 0 Å². The lowest BCUT2D eigenvalue weighted by molar-refractivity contribution is 0.0365. The maximum absolute atomic E-state index is 5.68. The molecule has 104 valence electrons. The van der Waals surface area contributed by atoms with E-state index in [1.807, 2.05) is 7.11 Å². The first kappa shape index (κ1) is 13.1. The van der Waals surface area contributed by atoms with Crippen LogP contribution in [0.2, 0.25) is 0 Å². The first-order valence-corrected chi connectivity index (χ1v) is 7.72. The Morgan fingerprint density at radius 1 is 1.05 bits per heavy atom. The predicted octanol–water partition coefficient (Wildman–Crippen LogP) is 3.68. The molecule has 2 fully saturated rings. The van der Waals surface area contributed by atoms with Gasteiger partial charge < -0.3 is 10.1 Å². The van der Waals surface area contributed by atoms with E-state index in [4.69, 9.17) is 4.74 Å². The van der Waals surface area contributed by atoms with Gasteiger partial charge in [-0.3, -0.25) is 0 Å². The highest BCUT2D eigenvalue weighted by atomic mass is 16.5. The lowest BCUT2D eigenvalue weighted by Crippen LogP contribution is -2.45. The Hall–Kier alpha value is -0.860. The normalized spacial score (nSPS) is 29.1. The van der Waals surface area contributed by atoms with Crippen molar-refractivity contribution in [3.8, 4) is 0 Å². The highest BCUT2D eigenvalue weighted by molar-refractivity contribution is 5.21. The lowest BCUT2D eigenvalue weighted by atomic mass is 9.90. The largest absolute Gasteiger partial charge is 0.380 e. The number of hydrogen-bond acceptors (Lipinski definition) is 2. The van der Waals surface area contributed by atoms with E-state index in [-0.39, 0.29) is 0 Å². The molecule has 2 aliphatic rings. The Bertz CT molecular complexity index is 388. The summed E-state index contributed by atoms with van der Waals surface area (Å²) in [5.74, 6) is 0.835. The molecule has 0 aliphatic heterocycles. The van der Waals surface area contributed by atoms with Crippen molar-refractivity contribution in [3.63, 3.8) is 0 Å². The van der Waals surface area contributed by atoms with Gasteiger partial charge in [0.05, 0.1) is 6.10 Å². The van der Waals surface area contributed by atoms with E-state index in [1.165, 1.54) is 44.1 Å². The van der Waals surface area contributed by atoms with Gasteiger partial charge >= 0.3 is 0 Å². The second-order valence-corrected chi connectivity index (χ2v) is 6.06. The summed E-state index contributed by atoms with van der Waals surface area (Å²) in [7, 11) is 1.86. The molecule has 3 atom stereocenters. The molecule has 0 saturated heterocycles. The second-order valence-electron chi connectivity index (χ2n) is 6.06. The molecule has 3 rings (SSSR count). The summed E-state index contributed by atoms with van der Waals surface area (Å²) in [6, 6.07) is 12.0. The number of hydrogen-bond donors (Lipinski definition) is 1. The van der Waals surface area contributed by atoms with E-state index in [0.29, 0.717) is 18.2 Å². The third kappa shape index (κ3) is 3.18. The van der Waals surface area contributed by atoms with Crippen molar-refractivity contribution in [3.05, 3.63) is 35.9 Å². The van der Waals surface area contributed by atoms with Crippen LogP contribution < -0.4 is 5.32 Å². The van der Waals surface area contributed by atoms with Gasteiger partial charge in [-0.2, -0.15) is 0 Å². The number of methoxy groups -OCH3 is 1. The molecular formula is C17H25NO. The third-order valence-electron chi connectivity index (χ3n) is 4.65. The first-order chi connectivity index (χ1) is 9.38. The fraction of sp³-hybridized carbons (Fsp3) is 0.647. The molecule has 1 N–H and O–H groups in total. The molecule has 1 aromatic rings. The van der Waals surface area contributed by atoms with Gasteiger partial charge in [0.25, 0.3) is 0 Å². The van der Waals surface area contributed by atoms with E-state index in [9.17, 15) is 0 Å². The van der Waals surface area contributed by atoms with Crippen LogP contribution in [0.25, 0.3) is 0 Å². The number of rotatable bonds is 5. The van der Waals surface area contributed by atoms with Crippen LogP contribution >= 0.6 is 0 Å². The Morgan fingerprint density at radius 2 is 1.79 bits per heavy atom. The summed E-state index contributed by atoms with van der Waals surface area (Å²) < 4.78 is 5.68. The average molecular weight is 259 g/mol. The Kier molecular flexibility index (Phi) is 4.19. The van der Waals surface area contributed by atoms with Gasteiger partial charge in [0, 0.05) is 19.2 Å². The topological polar surface area (TPSA) is 21.3 Å².